The van der Waals surface area contributed by atoms with Gasteiger partial charge in [-0.15, -0.1) is 37.2 Å². The van der Waals surface area contributed by atoms with Crippen molar-refractivity contribution in [2.45, 2.75) is 0 Å². The van der Waals surface area contributed by atoms with Gasteiger partial charge >= 0.3 is 0 Å². The summed E-state index contributed by atoms with van der Waals surface area (Å²) in [6.07, 6.45) is 3.50. The van der Waals surface area contributed by atoms with Crippen LogP contribution in [0.1, 0.15) is 0 Å². The van der Waals surface area contributed by atoms with E-state index in [-0.39, 0.29) is 54.6 Å². The van der Waals surface area contributed by atoms with E-state index in [1.807, 2.05) is 18.2 Å². The predicted octanol–water partition coefficient (Wildman–Crippen LogP) is 2.34. The summed E-state index contributed by atoms with van der Waals surface area (Å²) in [6, 6.07) is 5.72. The number of aromatic nitrogens is 1. The molecule has 0 unspecified atom stereocenters. The Morgan fingerprint density at radius 2 is 1.10 bits per heavy atom. The minimum Gasteiger partial charge on any atom is -0.265 e. The van der Waals surface area contributed by atoms with E-state index in [0.717, 1.165) is 0 Å². The third kappa shape index (κ3) is 11.4. The summed E-state index contributed by atoms with van der Waals surface area (Å²) >= 11 is 0. The van der Waals surface area contributed by atoms with Gasteiger partial charge in [0.1, 0.15) is 0 Å². The molecular formula is C5H8Cl3CrN. The Kier molecular flexibility index (Phi) is 36.5. The van der Waals surface area contributed by atoms with Gasteiger partial charge in [0, 0.05) is 29.8 Å². The van der Waals surface area contributed by atoms with Crippen LogP contribution in [0.15, 0.2) is 30.6 Å². The molecule has 60 valence electrons. The van der Waals surface area contributed by atoms with Crippen LogP contribution in [-0.2, 0) is 17.4 Å². The predicted molar refractivity (Wildman–Crippen MR) is 46.0 cm³/mol. The first kappa shape index (κ1) is 22.4. The Bertz CT molecular complexity index is 88.8. The molecule has 1 nitrogen and oxygen atoms in total. The molecule has 0 aliphatic carbocycles. The van der Waals surface area contributed by atoms with Crippen molar-refractivity contribution in [3.8, 4) is 0 Å². The maximum atomic E-state index is 3.78. The minimum absolute atomic E-state index is 0. The van der Waals surface area contributed by atoms with E-state index in [2.05, 4.69) is 4.98 Å². The van der Waals surface area contributed by atoms with Crippen molar-refractivity contribution in [1.82, 2.24) is 4.98 Å². The van der Waals surface area contributed by atoms with E-state index < -0.39 is 0 Å². The molecule has 0 aromatic carbocycles. The monoisotopic (exact) mass is 239 g/mol. The van der Waals surface area contributed by atoms with Crippen LogP contribution >= 0.6 is 37.2 Å². The van der Waals surface area contributed by atoms with Gasteiger partial charge in [-0.3, -0.25) is 4.98 Å². The number of hydrogen-bond acceptors (Lipinski definition) is 1. The summed E-state index contributed by atoms with van der Waals surface area (Å²) in [6.45, 7) is 0. The Balaban J connectivity index is -0.0000000450. The molecule has 5 heteroatoms. The number of halogens is 3. The first-order valence-corrected chi connectivity index (χ1v) is 1.85. The standard InChI is InChI=1S/C5H5N.3ClH.Cr/c1-2-4-6-5-3-1;;;;/h1-5H;3*1H;. The zero-order valence-electron chi connectivity index (χ0n) is 4.97. The van der Waals surface area contributed by atoms with E-state index in [1.165, 1.54) is 0 Å². The average molecular weight is 240 g/mol. The largest absolute Gasteiger partial charge is 0.265 e. The van der Waals surface area contributed by atoms with Gasteiger partial charge in [0.15, 0.2) is 0 Å². The van der Waals surface area contributed by atoms with Gasteiger partial charge in [0.2, 0.25) is 0 Å². The van der Waals surface area contributed by atoms with Gasteiger partial charge < -0.3 is 0 Å². The summed E-state index contributed by atoms with van der Waals surface area (Å²) in [7, 11) is 0. The van der Waals surface area contributed by atoms with Gasteiger partial charge in [-0.25, -0.2) is 0 Å². The Morgan fingerprint density at radius 3 is 1.20 bits per heavy atom. The van der Waals surface area contributed by atoms with Gasteiger partial charge in [-0.2, -0.15) is 0 Å². The second-order valence-electron chi connectivity index (χ2n) is 1.02. The normalized spacial score (nSPS) is 4.80. The summed E-state index contributed by atoms with van der Waals surface area (Å²) in [4.78, 5) is 3.78. The number of rotatable bonds is 0. The molecule has 0 saturated heterocycles. The molecule has 0 aliphatic heterocycles. The van der Waals surface area contributed by atoms with Gasteiger partial charge in [-0.05, 0) is 12.1 Å². The second-order valence-corrected chi connectivity index (χ2v) is 1.02. The topological polar surface area (TPSA) is 12.9 Å². The zero-order chi connectivity index (χ0) is 4.24. The molecule has 1 aromatic rings. The van der Waals surface area contributed by atoms with E-state index in [1.54, 1.807) is 12.4 Å². The number of pyridine rings is 1. The maximum absolute atomic E-state index is 3.78. The average Bonchev–Trinajstić information content (AvgIpc) is 1.72. The van der Waals surface area contributed by atoms with Crippen molar-refractivity contribution in [2.24, 2.45) is 0 Å². The molecule has 0 N–H and O–H groups in total. The number of nitrogens with zero attached hydrogens (tertiary/aromatic N) is 1. The van der Waals surface area contributed by atoms with Crippen molar-refractivity contribution >= 4 is 37.2 Å². The molecule has 0 bridgehead atoms. The second kappa shape index (κ2) is 16.3. The third-order valence-electron chi connectivity index (χ3n) is 0.566. The van der Waals surface area contributed by atoms with E-state index in [4.69, 9.17) is 0 Å². The van der Waals surface area contributed by atoms with Gasteiger partial charge in [0.05, 0.1) is 0 Å². The first-order chi connectivity index (χ1) is 3.00. The maximum Gasteiger partial charge on any atom is 0.0267 e. The first-order valence-electron chi connectivity index (χ1n) is 1.85. The van der Waals surface area contributed by atoms with Crippen LogP contribution in [0.5, 0.6) is 0 Å². The molecule has 0 saturated carbocycles. The van der Waals surface area contributed by atoms with Crippen LogP contribution in [0.25, 0.3) is 0 Å². The Labute approximate surface area is 90.0 Å². The molecule has 0 spiro atoms. The molecule has 10 heavy (non-hydrogen) atoms. The summed E-state index contributed by atoms with van der Waals surface area (Å²) in [5.74, 6) is 0. The van der Waals surface area contributed by atoms with Crippen LogP contribution in [-0.4, -0.2) is 4.98 Å². The fourth-order valence-electron chi connectivity index (χ4n) is 0.313. The van der Waals surface area contributed by atoms with Gasteiger partial charge in [0.25, 0.3) is 0 Å². The molecule has 0 radical (unpaired) electrons. The molecule has 0 amide bonds. The third-order valence-corrected chi connectivity index (χ3v) is 0.566. The smallest absolute Gasteiger partial charge is 0.0267 e. The SMILES string of the molecule is Cl.Cl.Cl.[Cr].c1ccncc1. The van der Waals surface area contributed by atoms with E-state index >= 15 is 0 Å². The molecule has 0 atom stereocenters. The molecule has 1 aromatic heterocycles. The van der Waals surface area contributed by atoms with Crippen molar-refractivity contribution in [2.75, 3.05) is 0 Å². The number of hydrogen-bond donors (Lipinski definition) is 0. The zero-order valence-corrected chi connectivity index (χ0v) is 8.69. The molecule has 1 heterocycles. The Hall–Kier alpha value is 0.552. The summed E-state index contributed by atoms with van der Waals surface area (Å²) in [5, 5.41) is 0. The van der Waals surface area contributed by atoms with E-state index in [9.17, 15) is 0 Å². The van der Waals surface area contributed by atoms with Crippen molar-refractivity contribution < 1.29 is 17.4 Å². The fraction of sp³-hybridized carbons (Fsp3) is 0. The summed E-state index contributed by atoms with van der Waals surface area (Å²) in [5.41, 5.74) is 0. The van der Waals surface area contributed by atoms with Crippen LogP contribution in [0, 0.1) is 0 Å². The van der Waals surface area contributed by atoms with Crippen LogP contribution in [0.3, 0.4) is 0 Å². The molecule has 0 fully saturated rings. The van der Waals surface area contributed by atoms with Crippen LogP contribution in [0.4, 0.5) is 0 Å². The summed E-state index contributed by atoms with van der Waals surface area (Å²) < 4.78 is 0. The van der Waals surface area contributed by atoms with Crippen LogP contribution < -0.4 is 0 Å². The van der Waals surface area contributed by atoms with Crippen LogP contribution in [0.2, 0.25) is 0 Å². The molecule has 0 aliphatic rings. The fourth-order valence-corrected chi connectivity index (χ4v) is 0.313. The molecular weight excluding hydrogens is 232 g/mol. The quantitative estimate of drug-likeness (QED) is 0.678. The molecule has 1 rings (SSSR count). The van der Waals surface area contributed by atoms with Gasteiger partial charge in [-0.1, -0.05) is 6.07 Å². The minimum atomic E-state index is 0. The van der Waals surface area contributed by atoms with Crippen molar-refractivity contribution in [1.29, 1.82) is 0 Å². The van der Waals surface area contributed by atoms with Crippen molar-refractivity contribution in [3.63, 3.8) is 0 Å². The Morgan fingerprint density at radius 1 is 0.700 bits per heavy atom. The van der Waals surface area contributed by atoms with E-state index in [0.29, 0.717) is 0 Å². The van der Waals surface area contributed by atoms with Crippen molar-refractivity contribution in [3.05, 3.63) is 30.6 Å².